The number of rotatable bonds is 5. The molecule has 2 rings (SSSR count). The monoisotopic (exact) mass is 307 g/mol. The number of carbonyl (C=O) groups excluding carboxylic acids is 1. The van der Waals surface area contributed by atoms with E-state index in [-0.39, 0.29) is 24.2 Å². The van der Waals surface area contributed by atoms with Gasteiger partial charge < -0.3 is 14.2 Å². The minimum Gasteiger partial charge on any atom is -0.400 e. The van der Waals surface area contributed by atoms with Crippen LogP contribution in [0, 0.1) is 0 Å². The van der Waals surface area contributed by atoms with Crippen LogP contribution in [0.1, 0.15) is 66.7 Å². The largest absolute Gasteiger partial charge is 0.490 e. The van der Waals surface area contributed by atoms with Gasteiger partial charge in [-0.15, -0.1) is 0 Å². The van der Waals surface area contributed by atoms with E-state index in [9.17, 15) is 4.79 Å². The summed E-state index contributed by atoms with van der Waals surface area (Å²) >= 11 is 0. The lowest BCUT2D eigenvalue weighted by Gasteiger charge is -2.32. The maximum Gasteiger partial charge on any atom is 0.490 e. The summed E-state index contributed by atoms with van der Waals surface area (Å²) in [6, 6.07) is 0. The van der Waals surface area contributed by atoms with E-state index < -0.39 is 0 Å². The van der Waals surface area contributed by atoms with E-state index in [4.69, 9.17) is 9.31 Å². The smallest absolute Gasteiger partial charge is 0.400 e. The van der Waals surface area contributed by atoms with Crippen molar-refractivity contribution in [1.29, 1.82) is 0 Å². The van der Waals surface area contributed by atoms with Crippen LogP contribution < -0.4 is 0 Å². The van der Waals surface area contributed by atoms with E-state index in [0.717, 1.165) is 32.2 Å². The molecule has 5 heteroatoms. The molecule has 0 saturated carbocycles. The van der Waals surface area contributed by atoms with Crippen LogP contribution in [0.2, 0.25) is 0 Å². The molecule has 0 aromatic rings. The van der Waals surface area contributed by atoms with Gasteiger partial charge in [-0.25, -0.2) is 0 Å². The van der Waals surface area contributed by atoms with Crippen LogP contribution in [0.5, 0.6) is 0 Å². The average Bonchev–Trinajstić information content (AvgIpc) is 2.68. The molecule has 1 saturated heterocycles. The molecule has 124 valence electrons. The van der Waals surface area contributed by atoms with Gasteiger partial charge in [-0.05, 0) is 46.0 Å². The molecule has 2 aliphatic rings. The van der Waals surface area contributed by atoms with Crippen molar-refractivity contribution in [2.45, 2.75) is 77.9 Å². The van der Waals surface area contributed by atoms with Crippen molar-refractivity contribution in [3.05, 3.63) is 11.5 Å². The van der Waals surface area contributed by atoms with Crippen molar-refractivity contribution in [2.75, 3.05) is 13.1 Å². The summed E-state index contributed by atoms with van der Waals surface area (Å²) in [5.74, 6) is 0.276. The van der Waals surface area contributed by atoms with Crippen LogP contribution in [0.15, 0.2) is 11.5 Å². The first kappa shape index (κ1) is 17.5. The fraction of sp³-hybridized carbons (Fsp3) is 0.824. The van der Waals surface area contributed by atoms with Crippen LogP contribution in [0.25, 0.3) is 0 Å². The molecule has 2 heterocycles. The number of amides is 1. The normalized spacial score (nSPS) is 23.6. The number of nitrogens with zero attached hydrogens (tertiary/aromatic N) is 1. The highest BCUT2D eigenvalue weighted by atomic mass is 16.7. The van der Waals surface area contributed by atoms with Crippen LogP contribution >= 0.6 is 0 Å². The second-order valence-electron chi connectivity index (χ2n) is 7.41. The van der Waals surface area contributed by atoms with Crippen molar-refractivity contribution in [3.63, 3.8) is 0 Å². The Morgan fingerprint density at radius 2 is 1.86 bits per heavy atom. The first-order valence-electron chi connectivity index (χ1n) is 8.59. The van der Waals surface area contributed by atoms with Gasteiger partial charge in [0.15, 0.2) is 0 Å². The van der Waals surface area contributed by atoms with Crippen molar-refractivity contribution in [1.82, 2.24) is 4.90 Å². The van der Waals surface area contributed by atoms with Crippen LogP contribution in [-0.2, 0) is 14.1 Å². The van der Waals surface area contributed by atoms with Gasteiger partial charge in [-0.3, -0.25) is 4.79 Å². The fourth-order valence-electron chi connectivity index (χ4n) is 2.80. The first-order valence-corrected chi connectivity index (χ1v) is 8.59. The number of carbonyl (C=O) groups is 1. The lowest BCUT2D eigenvalue weighted by Crippen LogP contribution is -2.41. The van der Waals surface area contributed by atoms with Crippen molar-refractivity contribution < 1.29 is 14.1 Å². The Balaban J connectivity index is 1.89. The Bertz CT molecular complexity index is 429. The lowest BCUT2D eigenvalue weighted by molar-refractivity contribution is -0.131. The molecule has 2 aliphatic heterocycles. The third kappa shape index (κ3) is 3.74. The molecule has 0 N–H and O–H groups in total. The molecule has 0 atom stereocenters. The molecule has 22 heavy (non-hydrogen) atoms. The minimum atomic E-state index is -0.300. The first-order chi connectivity index (χ1) is 10.3. The number of unbranched alkanes of at least 4 members (excludes halogenated alkanes) is 2. The van der Waals surface area contributed by atoms with Crippen molar-refractivity contribution in [2.24, 2.45) is 0 Å². The summed E-state index contributed by atoms with van der Waals surface area (Å²) in [7, 11) is -0.262. The summed E-state index contributed by atoms with van der Waals surface area (Å²) in [6.07, 6.45) is 6.92. The molecule has 4 nitrogen and oxygen atoms in total. The van der Waals surface area contributed by atoms with E-state index in [1.165, 1.54) is 5.47 Å². The maximum absolute atomic E-state index is 12.1. The zero-order valence-corrected chi connectivity index (χ0v) is 14.8. The Morgan fingerprint density at radius 1 is 1.23 bits per heavy atom. The molecule has 0 unspecified atom stereocenters. The molecular weight excluding hydrogens is 277 g/mol. The van der Waals surface area contributed by atoms with Gasteiger partial charge in [0, 0.05) is 19.5 Å². The summed E-state index contributed by atoms with van der Waals surface area (Å²) in [6.45, 7) is 11.9. The zero-order valence-electron chi connectivity index (χ0n) is 14.8. The molecule has 0 aromatic carbocycles. The summed E-state index contributed by atoms with van der Waals surface area (Å²) in [5.41, 5.74) is 0.577. The van der Waals surface area contributed by atoms with E-state index >= 15 is 0 Å². The highest BCUT2D eigenvalue weighted by molar-refractivity contribution is 6.54. The molecule has 0 radical (unpaired) electrons. The minimum absolute atomic E-state index is 0.262. The highest BCUT2D eigenvalue weighted by Crippen LogP contribution is 2.39. The summed E-state index contributed by atoms with van der Waals surface area (Å²) in [5, 5.41) is 0. The molecular formula is C17H30BNO3. The zero-order chi connectivity index (χ0) is 16.4. The predicted octanol–water partition coefficient (Wildman–Crippen LogP) is 3.36. The molecule has 1 amide bonds. The van der Waals surface area contributed by atoms with Gasteiger partial charge in [0.05, 0.1) is 11.2 Å². The van der Waals surface area contributed by atoms with Gasteiger partial charge in [0.1, 0.15) is 0 Å². The maximum atomic E-state index is 12.1. The SMILES string of the molecule is CCCCCC(=O)N1CC=C(B2OC(C)(C)C(C)(C)O2)CC1. The molecule has 1 fully saturated rings. The Labute approximate surface area is 135 Å². The Morgan fingerprint density at radius 3 is 2.36 bits per heavy atom. The van der Waals surface area contributed by atoms with Gasteiger partial charge in [0.2, 0.25) is 5.91 Å². The quantitative estimate of drug-likeness (QED) is 0.577. The summed E-state index contributed by atoms with van der Waals surface area (Å²) in [4.78, 5) is 14.1. The molecule has 0 aliphatic carbocycles. The highest BCUT2D eigenvalue weighted by Gasteiger charge is 2.52. The van der Waals surface area contributed by atoms with Gasteiger partial charge in [-0.2, -0.15) is 0 Å². The molecule has 0 aromatic heterocycles. The average molecular weight is 307 g/mol. The number of hydrogen-bond acceptors (Lipinski definition) is 3. The van der Waals surface area contributed by atoms with Crippen molar-refractivity contribution in [3.8, 4) is 0 Å². The number of hydrogen-bond donors (Lipinski definition) is 0. The standard InChI is InChI=1S/C17H30BNO3/c1-6-7-8-9-15(20)19-12-10-14(11-13-19)18-21-16(2,3)17(4,5)22-18/h10H,6-9,11-13H2,1-5H3. The predicted molar refractivity (Wildman–Crippen MR) is 89.5 cm³/mol. The van der Waals surface area contributed by atoms with Crippen LogP contribution in [-0.4, -0.2) is 42.2 Å². The lowest BCUT2D eigenvalue weighted by atomic mass is 9.74. The van der Waals surface area contributed by atoms with E-state index in [1.807, 2.05) is 4.90 Å². The van der Waals surface area contributed by atoms with Crippen LogP contribution in [0.3, 0.4) is 0 Å². The fourth-order valence-corrected chi connectivity index (χ4v) is 2.80. The van der Waals surface area contributed by atoms with E-state index in [1.54, 1.807) is 0 Å². The van der Waals surface area contributed by atoms with Gasteiger partial charge in [-0.1, -0.05) is 25.8 Å². The van der Waals surface area contributed by atoms with Gasteiger partial charge in [0.25, 0.3) is 0 Å². The molecule has 0 bridgehead atoms. The summed E-state index contributed by atoms with van der Waals surface area (Å²) < 4.78 is 12.2. The third-order valence-corrected chi connectivity index (χ3v) is 5.15. The second kappa shape index (κ2) is 6.75. The second-order valence-corrected chi connectivity index (χ2v) is 7.41. The van der Waals surface area contributed by atoms with Crippen molar-refractivity contribution >= 4 is 13.0 Å². The van der Waals surface area contributed by atoms with E-state index in [2.05, 4.69) is 40.7 Å². The molecule has 0 spiro atoms. The third-order valence-electron chi connectivity index (χ3n) is 5.15. The Kier molecular flexibility index (Phi) is 5.39. The Hall–Kier alpha value is -0.805. The van der Waals surface area contributed by atoms with E-state index in [0.29, 0.717) is 13.0 Å². The van der Waals surface area contributed by atoms with Gasteiger partial charge >= 0.3 is 7.12 Å². The topological polar surface area (TPSA) is 38.8 Å². The van der Waals surface area contributed by atoms with Crippen LogP contribution in [0.4, 0.5) is 0 Å².